The van der Waals surface area contributed by atoms with E-state index < -0.39 is 58.3 Å². The Balaban J connectivity index is 1.71. The van der Waals surface area contributed by atoms with Crippen molar-refractivity contribution in [3.05, 3.63) is 47.0 Å². The van der Waals surface area contributed by atoms with E-state index in [1.165, 1.54) is 7.11 Å². The number of carbonyl (C=O) groups excluding carboxylic acids is 4. The van der Waals surface area contributed by atoms with E-state index in [1.807, 2.05) is 20.8 Å². The molecule has 9 nitrogen and oxygen atoms in total. The lowest BCUT2D eigenvalue weighted by atomic mass is 9.40. The Morgan fingerprint density at radius 3 is 2.51 bits per heavy atom. The number of carbonyl (C=O) groups is 4. The Bertz CT molecular complexity index is 1330. The summed E-state index contributed by atoms with van der Waals surface area (Å²) in [7, 11) is 1.20. The second kappa shape index (κ2) is 9.96. The Morgan fingerprint density at radius 2 is 1.90 bits per heavy atom. The highest BCUT2D eigenvalue weighted by molar-refractivity contribution is 5.94. The van der Waals surface area contributed by atoms with Crippen LogP contribution in [-0.2, 0) is 33.4 Å². The zero-order chi connectivity index (χ0) is 30.1. The van der Waals surface area contributed by atoms with Crippen LogP contribution in [0.4, 0.5) is 0 Å². The van der Waals surface area contributed by atoms with Crippen LogP contribution in [0.1, 0.15) is 78.9 Å². The van der Waals surface area contributed by atoms with Gasteiger partial charge in [-0.3, -0.25) is 9.59 Å². The number of cyclic esters (lactones) is 1. The molecule has 0 aromatic carbocycles. The molecule has 1 N–H and O–H groups in total. The molecule has 1 aromatic rings. The van der Waals surface area contributed by atoms with E-state index in [9.17, 15) is 24.3 Å². The third kappa shape index (κ3) is 4.14. The van der Waals surface area contributed by atoms with Crippen molar-refractivity contribution >= 4 is 23.7 Å². The van der Waals surface area contributed by atoms with Gasteiger partial charge < -0.3 is 23.7 Å². The molecule has 222 valence electrons. The van der Waals surface area contributed by atoms with E-state index in [-0.39, 0.29) is 24.1 Å². The topological polar surface area (TPSA) is 129 Å². The van der Waals surface area contributed by atoms with E-state index in [1.54, 1.807) is 38.5 Å². The number of Topliss-reactive ketones (excluding diaryl/α,β-unsaturated/α-hetero) is 1. The monoisotopic (exact) mass is 568 g/mol. The van der Waals surface area contributed by atoms with Crippen molar-refractivity contribution in [2.24, 2.45) is 34.0 Å². The fourth-order valence-corrected chi connectivity index (χ4v) is 8.72. The number of aliphatic hydroxyl groups is 1. The summed E-state index contributed by atoms with van der Waals surface area (Å²) in [5.74, 6) is -3.83. The highest BCUT2D eigenvalue weighted by atomic mass is 16.6. The first kappa shape index (κ1) is 29.3. The molecule has 1 aliphatic heterocycles. The van der Waals surface area contributed by atoms with Crippen LogP contribution in [0.3, 0.4) is 0 Å². The average Bonchev–Trinajstić information content (AvgIpc) is 3.46. The van der Waals surface area contributed by atoms with Gasteiger partial charge in [0.1, 0.15) is 18.0 Å². The fourth-order valence-electron chi connectivity index (χ4n) is 8.72. The number of rotatable bonds is 5. The van der Waals surface area contributed by atoms with Crippen LogP contribution in [0.25, 0.3) is 0 Å². The second-order valence-electron chi connectivity index (χ2n) is 13.1. The smallest absolute Gasteiger partial charge is 0.335 e. The number of ketones is 1. The Labute approximate surface area is 240 Å². The molecule has 2 bridgehead atoms. The maximum atomic E-state index is 14.5. The number of ether oxygens (including phenoxy) is 3. The number of methoxy groups -OCH3 is 1. The summed E-state index contributed by atoms with van der Waals surface area (Å²) in [5, 5.41) is 11.5. The summed E-state index contributed by atoms with van der Waals surface area (Å²) < 4.78 is 22.3. The summed E-state index contributed by atoms with van der Waals surface area (Å²) in [6.45, 7) is 11.0. The van der Waals surface area contributed by atoms with Gasteiger partial charge in [0, 0.05) is 33.3 Å². The summed E-state index contributed by atoms with van der Waals surface area (Å²) in [6.07, 6.45) is 3.34. The Hall–Kier alpha value is -3.20. The number of fused-ring (bicyclic) bond motifs is 5. The molecular formula is C32H40O9. The molecule has 3 aliphatic carbocycles. The van der Waals surface area contributed by atoms with Crippen molar-refractivity contribution in [2.75, 3.05) is 7.11 Å². The molecule has 2 heterocycles. The zero-order valence-corrected chi connectivity index (χ0v) is 24.8. The zero-order valence-electron chi connectivity index (χ0n) is 24.8. The second-order valence-corrected chi connectivity index (χ2v) is 13.1. The van der Waals surface area contributed by atoms with Gasteiger partial charge in [-0.1, -0.05) is 39.3 Å². The number of aliphatic hydroxyl groups excluding tert-OH is 1. The lowest BCUT2D eigenvalue weighted by Crippen LogP contribution is -2.69. The molecule has 1 aromatic heterocycles. The van der Waals surface area contributed by atoms with Gasteiger partial charge in [0.25, 0.3) is 0 Å². The molecule has 9 heteroatoms. The van der Waals surface area contributed by atoms with Gasteiger partial charge >= 0.3 is 17.9 Å². The molecule has 3 fully saturated rings. The number of hydrogen-bond acceptors (Lipinski definition) is 9. The standard InChI is InChI=1S/C32H40O9/c1-8-16(2)28(36)41-27-19-13-18-20(32(6,25(19)35)24(30(27,3)4)23(34)29(37)38-7)9-11-31(5)21(18)14-22(33)40-26(31)17-10-12-39-15-17/h8,10,12,15,19-20,23-24,26-27,34H,9,11,13-14H2,1-7H3/b16-8+/t19-,20-,23+,24-,26-,27+,31+,32-/m0/s1. The summed E-state index contributed by atoms with van der Waals surface area (Å²) in [4.78, 5) is 53.5. The lowest BCUT2D eigenvalue weighted by molar-refractivity contribution is -0.211. The normalized spacial score (nSPS) is 37.0. The first-order chi connectivity index (χ1) is 19.2. The van der Waals surface area contributed by atoms with Crippen molar-refractivity contribution in [3.63, 3.8) is 0 Å². The molecule has 0 radical (unpaired) electrons. The maximum absolute atomic E-state index is 14.5. The number of esters is 3. The SMILES string of the molecule is C/C=C(\C)C(=O)O[C@@H]1[C@H]2CC3=C4CC(=O)O[C@@H](c5ccoc5)[C@]4(C)CC[C@@H]3[C@](C)(C2=O)[C@@H]([C@@H](O)C(=O)OC)C1(C)C. The molecule has 41 heavy (non-hydrogen) atoms. The van der Waals surface area contributed by atoms with E-state index in [0.717, 1.165) is 16.7 Å². The third-order valence-electron chi connectivity index (χ3n) is 10.8. The van der Waals surface area contributed by atoms with Crippen molar-refractivity contribution in [1.29, 1.82) is 0 Å². The molecule has 8 atom stereocenters. The van der Waals surface area contributed by atoms with E-state index >= 15 is 0 Å². The van der Waals surface area contributed by atoms with E-state index in [0.29, 0.717) is 24.8 Å². The van der Waals surface area contributed by atoms with Crippen LogP contribution in [0.2, 0.25) is 0 Å². The van der Waals surface area contributed by atoms with Gasteiger partial charge in [-0.05, 0) is 50.7 Å². The van der Waals surface area contributed by atoms with Gasteiger partial charge in [-0.15, -0.1) is 0 Å². The van der Waals surface area contributed by atoms with Crippen molar-refractivity contribution in [2.45, 2.75) is 85.5 Å². The van der Waals surface area contributed by atoms with Crippen LogP contribution in [0.5, 0.6) is 0 Å². The minimum absolute atomic E-state index is 0.0867. The highest BCUT2D eigenvalue weighted by Crippen LogP contribution is 2.68. The fraction of sp³-hybridized carbons (Fsp3) is 0.625. The van der Waals surface area contributed by atoms with Gasteiger partial charge in [-0.25, -0.2) is 9.59 Å². The minimum atomic E-state index is -1.62. The molecule has 0 spiro atoms. The van der Waals surface area contributed by atoms with Gasteiger partial charge in [0.2, 0.25) is 0 Å². The van der Waals surface area contributed by atoms with Crippen molar-refractivity contribution in [3.8, 4) is 0 Å². The Kier molecular flexibility index (Phi) is 7.12. The number of hydrogen-bond donors (Lipinski definition) is 1. The maximum Gasteiger partial charge on any atom is 0.335 e. The minimum Gasteiger partial charge on any atom is -0.472 e. The molecule has 0 amide bonds. The average molecular weight is 569 g/mol. The largest absolute Gasteiger partial charge is 0.472 e. The van der Waals surface area contributed by atoms with Crippen LogP contribution in [-0.4, -0.2) is 48.1 Å². The molecular weight excluding hydrogens is 528 g/mol. The molecule has 2 saturated carbocycles. The van der Waals surface area contributed by atoms with E-state index in [4.69, 9.17) is 18.6 Å². The number of allylic oxidation sites excluding steroid dienone is 2. The van der Waals surface area contributed by atoms with Gasteiger partial charge in [0.05, 0.1) is 32.0 Å². The van der Waals surface area contributed by atoms with Crippen molar-refractivity contribution < 1.29 is 42.9 Å². The predicted octanol–water partition coefficient (Wildman–Crippen LogP) is 4.64. The molecule has 5 rings (SSSR count). The van der Waals surface area contributed by atoms with Crippen LogP contribution in [0, 0.1) is 34.0 Å². The predicted molar refractivity (Wildman–Crippen MR) is 146 cm³/mol. The summed E-state index contributed by atoms with van der Waals surface area (Å²) >= 11 is 0. The quantitative estimate of drug-likeness (QED) is 0.234. The Morgan fingerprint density at radius 1 is 1.20 bits per heavy atom. The third-order valence-corrected chi connectivity index (χ3v) is 10.8. The van der Waals surface area contributed by atoms with Crippen LogP contribution < -0.4 is 0 Å². The van der Waals surface area contributed by atoms with E-state index in [2.05, 4.69) is 6.92 Å². The van der Waals surface area contributed by atoms with Crippen LogP contribution in [0.15, 0.2) is 45.8 Å². The van der Waals surface area contributed by atoms with Gasteiger partial charge in [0.15, 0.2) is 6.10 Å². The summed E-state index contributed by atoms with van der Waals surface area (Å²) in [5.41, 5.74) is 0.392. The first-order valence-corrected chi connectivity index (χ1v) is 14.3. The highest BCUT2D eigenvalue weighted by Gasteiger charge is 2.70. The van der Waals surface area contributed by atoms with Crippen LogP contribution >= 0.6 is 0 Å². The molecule has 1 saturated heterocycles. The number of furan rings is 1. The summed E-state index contributed by atoms with van der Waals surface area (Å²) in [6, 6.07) is 1.80. The molecule has 0 unspecified atom stereocenters. The van der Waals surface area contributed by atoms with Crippen molar-refractivity contribution in [1.82, 2.24) is 0 Å². The van der Waals surface area contributed by atoms with Gasteiger partial charge in [-0.2, -0.15) is 0 Å². The lowest BCUT2D eigenvalue weighted by Gasteiger charge is -2.64. The first-order valence-electron chi connectivity index (χ1n) is 14.3. The molecule has 4 aliphatic rings.